The number of allylic oxidation sites excluding steroid dienone is 2. The summed E-state index contributed by atoms with van der Waals surface area (Å²) in [6.45, 7) is 2.15. The number of rotatable bonds is 8. The number of methoxy groups -OCH3 is 2. The first-order valence-corrected chi connectivity index (χ1v) is 11.5. The molecule has 1 heterocycles. The number of hydrogen-bond donors (Lipinski definition) is 1. The molecule has 2 aromatic carbocycles. The van der Waals surface area contributed by atoms with Crippen LogP contribution in [0, 0.1) is 0 Å². The summed E-state index contributed by atoms with van der Waals surface area (Å²) in [5.41, 5.74) is 8.25. The molecule has 8 nitrogen and oxygen atoms in total. The van der Waals surface area contributed by atoms with Crippen molar-refractivity contribution in [2.75, 3.05) is 20.8 Å². The molecule has 0 fully saturated rings. The van der Waals surface area contributed by atoms with Crippen molar-refractivity contribution in [3.05, 3.63) is 76.4 Å². The van der Waals surface area contributed by atoms with E-state index in [9.17, 15) is 9.59 Å². The molecule has 0 amide bonds. The van der Waals surface area contributed by atoms with Crippen LogP contribution in [0.2, 0.25) is 0 Å². The molecule has 0 radical (unpaired) electrons. The van der Waals surface area contributed by atoms with Gasteiger partial charge in [0.05, 0.1) is 26.7 Å². The first kappa shape index (κ1) is 24.2. The number of Topliss-reactive ketones (excluding diaryl/α,β-unsaturated/α-hetero) is 1. The van der Waals surface area contributed by atoms with Gasteiger partial charge in [-0.25, -0.2) is 4.79 Å². The Morgan fingerprint density at radius 3 is 2.49 bits per heavy atom. The lowest BCUT2D eigenvalue weighted by atomic mass is 9.77. The van der Waals surface area contributed by atoms with Gasteiger partial charge in [0.25, 0.3) is 0 Å². The second-order valence-electron chi connectivity index (χ2n) is 8.18. The second kappa shape index (κ2) is 10.5. The summed E-state index contributed by atoms with van der Waals surface area (Å²) in [5, 5.41) is 0. The molecule has 4 rings (SSSR count). The van der Waals surface area contributed by atoms with E-state index >= 15 is 0 Å². The smallest absolute Gasteiger partial charge is 0.340 e. The maximum absolute atomic E-state index is 13.0. The van der Waals surface area contributed by atoms with Gasteiger partial charge in [-0.05, 0) is 49.2 Å². The summed E-state index contributed by atoms with van der Waals surface area (Å²) < 4.78 is 27.7. The van der Waals surface area contributed by atoms with Gasteiger partial charge in [-0.15, -0.1) is 0 Å². The predicted octanol–water partition coefficient (Wildman–Crippen LogP) is 4.14. The number of ether oxygens (including phenoxy) is 5. The van der Waals surface area contributed by atoms with Crippen LogP contribution in [0.15, 0.2) is 65.3 Å². The molecule has 1 atom stereocenters. The lowest BCUT2D eigenvalue weighted by molar-refractivity contribution is -0.139. The maximum atomic E-state index is 13.0. The molecule has 1 aliphatic carbocycles. The van der Waals surface area contributed by atoms with Gasteiger partial charge < -0.3 is 29.4 Å². The minimum Gasteiger partial charge on any atom is -0.497 e. The Bertz CT molecular complexity index is 1180. The number of hydrogen-bond acceptors (Lipinski definition) is 8. The molecule has 2 N–H and O–H groups in total. The van der Waals surface area contributed by atoms with E-state index in [2.05, 4.69) is 0 Å². The minimum absolute atomic E-state index is 0.0345. The van der Waals surface area contributed by atoms with Crippen LogP contribution in [0.1, 0.15) is 43.2 Å². The lowest BCUT2D eigenvalue weighted by Crippen LogP contribution is -2.31. The van der Waals surface area contributed by atoms with Crippen molar-refractivity contribution in [2.24, 2.45) is 5.73 Å². The Morgan fingerprint density at radius 1 is 1.06 bits per heavy atom. The molecule has 0 spiro atoms. The second-order valence-corrected chi connectivity index (χ2v) is 8.18. The summed E-state index contributed by atoms with van der Waals surface area (Å²) in [6.07, 6.45) is 1.65. The summed E-state index contributed by atoms with van der Waals surface area (Å²) in [5.74, 6) is 1.11. The Labute approximate surface area is 204 Å². The molecule has 184 valence electrons. The van der Waals surface area contributed by atoms with Crippen molar-refractivity contribution >= 4 is 11.8 Å². The van der Waals surface area contributed by atoms with E-state index in [0.29, 0.717) is 47.7 Å². The van der Waals surface area contributed by atoms with Gasteiger partial charge >= 0.3 is 5.97 Å². The fourth-order valence-electron chi connectivity index (χ4n) is 4.39. The van der Waals surface area contributed by atoms with E-state index in [0.717, 1.165) is 11.3 Å². The van der Waals surface area contributed by atoms with E-state index in [1.165, 1.54) is 0 Å². The zero-order valence-electron chi connectivity index (χ0n) is 20.1. The third-order valence-corrected chi connectivity index (χ3v) is 6.08. The van der Waals surface area contributed by atoms with E-state index in [1.54, 1.807) is 21.1 Å². The highest BCUT2D eigenvalue weighted by atomic mass is 16.5. The number of esters is 1. The quantitative estimate of drug-likeness (QED) is 0.563. The van der Waals surface area contributed by atoms with Crippen LogP contribution in [0.4, 0.5) is 0 Å². The fourth-order valence-corrected chi connectivity index (χ4v) is 4.39. The molecule has 2 aliphatic rings. The van der Waals surface area contributed by atoms with Gasteiger partial charge in [0.2, 0.25) is 5.88 Å². The molecule has 8 heteroatoms. The zero-order valence-corrected chi connectivity index (χ0v) is 20.1. The Kier molecular flexibility index (Phi) is 7.29. The average Bonchev–Trinajstić information content (AvgIpc) is 2.87. The van der Waals surface area contributed by atoms with Crippen LogP contribution in [0.25, 0.3) is 0 Å². The normalized spacial score (nSPS) is 17.5. The van der Waals surface area contributed by atoms with Crippen LogP contribution >= 0.6 is 0 Å². The summed E-state index contributed by atoms with van der Waals surface area (Å²) in [6, 6.07) is 12.8. The van der Waals surface area contributed by atoms with Crippen molar-refractivity contribution in [1.29, 1.82) is 0 Å². The number of nitrogens with two attached hydrogens (primary N) is 1. The van der Waals surface area contributed by atoms with Crippen LogP contribution in [-0.4, -0.2) is 32.6 Å². The summed E-state index contributed by atoms with van der Waals surface area (Å²) >= 11 is 0. The van der Waals surface area contributed by atoms with Gasteiger partial charge in [0.1, 0.15) is 35.2 Å². The predicted molar refractivity (Wildman–Crippen MR) is 128 cm³/mol. The van der Waals surface area contributed by atoms with Gasteiger partial charge in [-0.2, -0.15) is 0 Å². The lowest BCUT2D eigenvalue weighted by Gasteiger charge is -2.32. The Hall–Kier alpha value is -3.94. The van der Waals surface area contributed by atoms with E-state index in [-0.39, 0.29) is 30.5 Å². The topological polar surface area (TPSA) is 106 Å². The van der Waals surface area contributed by atoms with Gasteiger partial charge in [-0.3, -0.25) is 4.79 Å². The molecule has 0 saturated carbocycles. The number of carbonyl (C=O) groups is 2. The summed E-state index contributed by atoms with van der Waals surface area (Å²) in [4.78, 5) is 25.8. The Balaban J connectivity index is 1.68. The summed E-state index contributed by atoms with van der Waals surface area (Å²) in [7, 11) is 3.17. The van der Waals surface area contributed by atoms with Crippen molar-refractivity contribution in [3.8, 4) is 17.2 Å². The van der Waals surface area contributed by atoms with Gasteiger partial charge in [0.15, 0.2) is 5.78 Å². The van der Waals surface area contributed by atoms with Crippen LogP contribution < -0.4 is 19.9 Å². The van der Waals surface area contributed by atoms with E-state index < -0.39 is 11.9 Å². The fraction of sp³-hybridized carbons (Fsp3) is 0.333. The van der Waals surface area contributed by atoms with Gasteiger partial charge in [0, 0.05) is 24.0 Å². The average molecular weight is 480 g/mol. The highest BCUT2D eigenvalue weighted by Gasteiger charge is 2.41. The zero-order chi connectivity index (χ0) is 24.9. The molecule has 2 aromatic rings. The first-order valence-electron chi connectivity index (χ1n) is 11.5. The van der Waals surface area contributed by atoms with Crippen LogP contribution in [0.5, 0.6) is 17.2 Å². The maximum Gasteiger partial charge on any atom is 0.340 e. The molecule has 1 aliphatic heterocycles. The Morgan fingerprint density at radius 2 is 1.80 bits per heavy atom. The van der Waals surface area contributed by atoms with E-state index in [4.69, 9.17) is 29.4 Å². The SMILES string of the molecule is CCOC(=O)C1=C(N)OC2=C(C(=O)CCC2)[C@H]1c1ccc(COc2ccc(OC)cc2)c(OC)c1. The monoisotopic (exact) mass is 479 g/mol. The third-order valence-electron chi connectivity index (χ3n) is 6.08. The van der Waals surface area contributed by atoms with Crippen molar-refractivity contribution in [1.82, 2.24) is 0 Å². The molecular weight excluding hydrogens is 450 g/mol. The van der Waals surface area contributed by atoms with Crippen molar-refractivity contribution in [2.45, 2.75) is 38.7 Å². The number of carbonyl (C=O) groups excluding carboxylic acids is 2. The minimum atomic E-state index is -0.698. The van der Waals surface area contributed by atoms with E-state index in [1.807, 2.05) is 42.5 Å². The molecule has 35 heavy (non-hydrogen) atoms. The van der Waals surface area contributed by atoms with Crippen LogP contribution in [0.3, 0.4) is 0 Å². The number of benzene rings is 2. The number of ketones is 1. The first-order chi connectivity index (χ1) is 17.0. The standard InChI is InChI=1S/C27H29NO7/c1-4-33-27(30)25-23(24-20(29)6-5-7-21(24)35-26(25)28)16-8-9-17(22(14-16)32-3)15-34-19-12-10-18(31-2)11-13-19/h8-14,23H,4-7,15,28H2,1-3H3/t23-/m1/s1. The largest absolute Gasteiger partial charge is 0.497 e. The third kappa shape index (κ3) is 4.96. The highest BCUT2D eigenvalue weighted by Crippen LogP contribution is 2.45. The highest BCUT2D eigenvalue weighted by molar-refractivity contribution is 6.03. The van der Waals surface area contributed by atoms with Crippen molar-refractivity contribution < 1.29 is 33.3 Å². The van der Waals surface area contributed by atoms with Crippen molar-refractivity contribution in [3.63, 3.8) is 0 Å². The molecule has 0 bridgehead atoms. The molecule has 0 aromatic heterocycles. The molecule has 0 unspecified atom stereocenters. The van der Waals surface area contributed by atoms with Crippen LogP contribution in [-0.2, 0) is 25.7 Å². The molecule has 0 saturated heterocycles. The van der Waals surface area contributed by atoms with Gasteiger partial charge in [-0.1, -0.05) is 12.1 Å². The molecular formula is C27H29NO7.